The first kappa shape index (κ1) is 16.1. The number of hydrogen-bond donors (Lipinski definition) is 2. The largest absolute Gasteiger partial charge is 0.496 e. The number of nitrogens with one attached hydrogen (secondary N) is 1. The number of benzene rings is 1. The molecule has 0 aliphatic heterocycles. The monoisotopic (exact) mass is 311 g/mol. The van der Waals surface area contributed by atoms with Crippen molar-refractivity contribution in [1.82, 2.24) is 5.32 Å². The van der Waals surface area contributed by atoms with Crippen LogP contribution in [0.3, 0.4) is 0 Å². The normalized spacial score (nSPS) is 17.3. The molecule has 1 fully saturated rings. The standard InChI is InChI=1S/C16H22ClNO3/c1-21-15-8-7-12(17)9-13(15)16(20)18-10-14(19)11-5-3-2-4-6-11/h7-9,11,14,19H,2-6,10H2,1H3,(H,18,20)/t14-/m1/s1. The Labute approximate surface area is 130 Å². The summed E-state index contributed by atoms with van der Waals surface area (Å²) >= 11 is 5.92. The highest BCUT2D eigenvalue weighted by Crippen LogP contribution is 2.26. The molecular weight excluding hydrogens is 290 g/mol. The minimum absolute atomic E-state index is 0.263. The summed E-state index contributed by atoms with van der Waals surface area (Å²) in [7, 11) is 1.51. The molecule has 1 amide bonds. The van der Waals surface area contributed by atoms with Crippen molar-refractivity contribution in [1.29, 1.82) is 0 Å². The van der Waals surface area contributed by atoms with Crippen molar-refractivity contribution in [3.05, 3.63) is 28.8 Å². The number of hydrogen-bond acceptors (Lipinski definition) is 3. The summed E-state index contributed by atoms with van der Waals surface area (Å²) in [6, 6.07) is 4.91. The summed E-state index contributed by atoms with van der Waals surface area (Å²) in [6.07, 6.45) is 5.17. The maximum atomic E-state index is 12.2. The van der Waals surface area contributed by atoms with Gasteiger partial charge in [-0.25, -0.2) is 0 Å². The molecular formula is C16H22ClNO3. The first-order chi connectivity index (χ1) is 10.1. The molecule has 2 N–H and O–H groups in total. The smallest absolute Gasteiger partial charge is 0.255 e. The molecule has 0 aromatic heterocycles. The van der Waals surface area contributed by atoms with Crippen molar-refractivity contribution in [3.8, 4) is 5.75 Å². The van der Waals surface area contributed by atoms with Gasteiger partial charge in [-0.15, -0.1) is 0 Å². The Kier molecular flexibility index (Phi) is 5.88. The molecule has 0 heterocycles. The minimum atomic E-state index is -0.487. The Hall–Kier alpha value is -1.26. The maximum absolute atomic E-state index is 12.2. The molecule has 1 aromatic rings. The quantitative estimate of drug-likeness (QED) is 0.879. The molecule has 21 heavy (non-hydrogen) atoms. The van der Waals surface area contributed by atoms with Crippen LogP contribution in [0.15, 0.2) is 18.2 Å². The van der Waals surface area contributed by atoms with Crippen molar-refractivity contribution in [2.75, 3.05) is 13.7 Å². The van der Waals surface area contributed by atoms with E-state index < -0.39 is 6.10 Å². The lowest BCUT2D eigenvalue weighted by molar-refractivity contribution is 0.0737. The molecule has 1 aliphatic rings. The molecule has 0 saturated heterocycles. The van der Waals surface area contributed by atoms with E-state index in [0.717, 1.165) is 25.7 Å². The van der Waals surface area contributed by atoms with Crippen LogP contribution in [-0.2, 0) is 0 Å². The summed E-state index contributed by atoms with van der Waals surface area (Å²) in [5.41, 5.74) is 0.390. The number of rotatable bonds is 5. The van der Waals surface area contributed by atoms with Gasteiger partial charge in [-0.05, 0) is 37.0 Å². The van der Waals surface area contributed by atoms with Gasteiger partial charge >= 0.3 is 0 Å². The lowest BCUT2D eigenvalue weighted by Crippen LogP contribution is -2.37. The van der Waals surface area contributed by atoms with Crippen LogP contribution in [0, 0.1) is 5.92 Å². The molecule has 1 aliphatic carbocycles. The fraction of sp³-hybridized carbons (Fsp3) is 0.562. The van der Waals surface area contributed by atoms with Crippen LogP contribution in [0.5, 0.6) is 5.75 Å². The molecule has 1 atom stereocenters. The molecule has 1 saturated carbocycles. The van der Waals surface area contributed by atoms with Crippen LogP contribution < -0.4 is 10.1 Å². The van der Waals surface area contributed by atoms with Gasteiger partial charge in [0.05, 0.1) is 18.8 Å². The summed E-state index contributed by atoms with van der Waals surface area (Å²) in [4.78, 5) is 12.2. The van der Waals surface area contributed by atoms with Gasteiger partial charge in [0, 0.05) is 11.6 Å². The summed E-state index contributed by atoms with van der Waals surface area (Å²) in [5, 5.41) is 13.4. The molecule has 0 radical (unpaired) electrons. The first-order valence-electron chi connectivity index (χ1n) is 7.41. The number of aliphatic hydroxyl groups excluding tert-OH is 1. The number of carbonyl (C=O) groups excluding carboxylic acids is 1. The van der Waals surface area contributed by atoms with E-state index in [-0.39, 0.29) is 12.5 Å². The zero-order valence-corrected chi connectivity index (χ0v) is 13.0. The van der Waals surface area contributed by atoms with Crippen molar-refractivity contribution in [2.45, 2.75) is 38.2 Å². The number of carbonyl (C=O) groups is 1. The molecule has 0 spiro atoms. The van der Waals surface area contributed by atoms with Crippen LogP contribution in [0.25, 0.3) is 0 Å². The predicted octanol–water partition coefficient (Wildman–Crippen LogP) is 3.02. The third-order valence-corrected chi connectivity index (χ3v) is 4.31. The Balaban J connectivity index is 1.93. The van der Waals surface area contributed by atoms with E-state index in [9.17, 15) is 9.90 Å². The Bertz CT molecular complexity index is 486. The molecule has 2 rings (SSSR count). The average molecular weight is 312 g/mol. The van der Waals surface area contributed by atoms with Gasteiger partial charge in [0.1, 0.15) is 5.75 Å². The SMILES string of the molecule is COc1ccc(Cl)cc1C(=O)NC[C@@H](O)C1CCCCC1. The second-order valence-electron chi connectivity index (χ2n) is 5.52. The fourth-order valence-corrected chi connectivity index (χ4v) is 3.01. The van der Waals surface area contributed by atoms with Crippen LogP contribution in [0.2, 0.25) is 5.02 Å². The lowest BCUT2D eigenvalue weighted by atomic mass is 9.85. The van der Waals surface area contributed by atoms with Crippen molar-refractivity contribution < 1.29 is 14.6 Å². The highest BCUT2D eigenvalue weighted by molar-refractivity contribution is 6.31. The molecule has 0 unspecified atom stereocenters. The second-order valence-corrected chi connectivity index (χ2v) is 5.96. The summed E-state index contributed by atoms with van der Waals surface area (Å²) < 4.78 is 5.16. The second kappa shape index (κ2) is 7.66. The molecule has 116 valence electrons. The van der Waals surface area contributed by atoms with Crippen LogP contribution in [0.4, 0.5) is 0 Å². The van der Waals surface area contributed by atoms with E-state index in [0.29, 0.717) is 22.3 Å². The minimum Gasteiger partial charge on any atom is -0.496 e. The van der Waals surface area contributed by atoms with Gasteiger partial charge in [-0.3, -0.25) is 4.79 Å². The van der Waals surface area contributed by atoms with Gasteiger partial charge < -0.3 is 15.2 Å². The zero-order valence-electron chi connectivity index (χ0n) is 12.3. The Morgan fingerprint density at radius 1 is 1.43 bits per heavy atom. The van der Waals surface area contributed by atoms with Crippen LogP contribution in [-0.4, -0.2) is 30.8 Å². The van der Waals surface area contributed by atoms with Crippen LogP contribution in [0.1, 0.15) is 42.5 Å². The van der Waals surface area contributed by atoms with Crippen molar-refractivity contribution >= 4 is 17.5 Å². The Morgan fingerprint density at radius 2 is 2.14 bits per heavy atom. The lowest BCUT2D eigenvalue weighted by Gasteiger charge is -2.26. The van der Waals surface area contributed by atoms with Gasteiger partial charge in [0.2, 0.25) is 0 Å². The highest BCUT2D eigenvalue weighted by atomic mass is 35.5. The van der Waals surface area contributed by atoms with E-state index in [1.54, 1.807) is 18.2 Å². The zero-order chi connectivity index (χ0) is 15.2. The van der Waals surface area contributed by atoms with Crippen molar-refractivity contribution in [2.24, 2.45) is 5.92 Å². The first-order valence-corrected chi connectivity index (χ1v) is 7.79. The van der Waals surface area contributed by atoms with Gasteiger partial charge in [-0.2, -0.15) is 0 Å². The molecule has 0 bridgehead atoms. The number of halogens is 1. The van der Waals surface area contributed by atoms with Crippen LogP contribution >= 0.6 is 11.6 Å². The van der Waals surface area contributed by atoms with E-state index >= 15 is 0 Å². The molecule has 1 aromatic carbocycles. The topological polar surface area (TPSA) is 58.6 Å². The number of methoxy groups -OCH3 is 1. The molecule has 4 nitrogen and oxygen atoms in total. The van der Waals surface area contributed by atoms with E-state index in [1.807, 2.05) is 0 Å². The fourth-order valence-electron chi connectivity index (χ4n) is 2.84. The summed E-state index contributed by atoms with van der Waals surface area (Å²) in [6.45, 7) is 0.263. The third-order valence-electron chi connectivity index (χ3n) is 4.07. The maximum Gasteiger partial charge on any atom is 0.255 e. The van der Waals surface area contributed by atoms with Gasteiger partial charge in [0.15, 0.2) is 0 Å². The third kappa shape index (κ3) is 4.35. The number of ether oxygens (including phenoxy) is 1. The van der Waals surface area contributed by atoms with Gasteiger partial charge in [0.25, 0.3) is 5.91 Å². The molecule has 5 heteroatoms. The van der Waals surface area contributed by atoms with Crippen molar-refractivity contribution in [3.63, 3.8) is 0 Å². The van der Waals surface area contributed by atoms with E-state index in [1.165, 1.54) is 13.5 Å². The van der Waals surface area contributed by atoms with E-state index in [2.05, 4.69) is 5.32 Å². The summed E-state index contributed by atoms with van der Waals surface area (Å²) in [5.74, 6) is 0.494. The number of aliphatic hydroxyl groups is 1. The predicted molar refractivity (Wildman–Crippen MR) is 82.9 cm³/mol. The highest BCUT2D eigenvalue weighted by Gasteiger charge is 2.22. The Morgan fingerprint density at radius 3 is 2.81 bits per heavy atom. The van der Waals surface area contributed by atoms with E-state index in [4.69, 9.17) is 16.3 Å². The average Bonchev–Trinajstić information content (AvgIpc) is 2.53. The number of amides is 1. The van der Waals surface area contributed by atoms with Gasteiger partial charge in [-0.1, -0.05) is 30.9 Å².